The lowest BCUT2D eigenvalue weighted by Gasteiger charge is -2.26. The zero-order valence-electron chi connectivity index (χ0n) is 23.0. The van der Waals surface area contributed by atoms with E-state index in [2.05, 4.69) is 0 Å². The van der Waals surface area contributed by atoms with Crippen molar-refractivity contribution >= 4 is 50.5 Å². The summed E-state index contributed by atoms with van der Waals surface area (Å²) in [5.74, 6) is -5.92. The molecule has 0 spiro atoms. The fraction of sp³-hybridized carbons (Fsp3) is 0.464. The zero-order valence-corrected chi connectivity index (χ0v) is 25.3. The molecule has 8 nitrogen and oxygen atoms in total. The predicted molar refractivity (Wildman–Crippen MR) is 150 cm³/mol. The maximum absolute atomic E-state index is 13.4. The zero-order chi connectivity index (χ0) is 31.4. The highest BCUT2D eigenvalue weighted by atomic mass is 35.5. The van der Waals surface area contributed by atoms with Gasteiger partial charge in [0.25, 0.3) is 5.91 Å². The maximum Gasteiger partial charge on any atom is 0.450 e. The molecule has 0 radical (unpaired) electrons. The maximum atomic E-state index is 13.4. The molecule has 0 saturated carbocycles. The van der Waals surface area contributed by atoms with E-state index in [4.69, 9.17) is 32.7 Å². The number of benzene rings is 2. The summed E-state index contributed by atoms with van der Waals surface area (Å²) in [5, 5.41) is -0.718. The Bertz CT molecular complexity index is 1400. The Balaban J connectivity index is 1.86. The van der Waals surface area contributed by atoms with Gasteiger partial charge in [0, 0.05) is 28.9 Å². The molecule has 1 aliphatic heterocycles. The number of hydrogen-bond acceptors (Lipinski definition) is 7. The van der Waals surface area contributed by atoms with Crippen molar-refractivity contribution in [3.05, 3.63) is 58.1 Å². The topological polar surface area (TPSA) is 107 Å². The first-order chi connectivity index (χ1) is 19.5. The number of nitrogens with zero attached hydrogens (tertiary/aromatic N) is 1. The van der Waals surface area contributed by atoms with Gasteiger partial charge in [-0.1, -0.05) is 49.2 Å². The number of methoxy groups -OCH3 is 1. The van der Waals surface area contributed by atoms with Crippen LogP contribution in [0.4, 0.5) is 13.2 Å². The van der Waals surface area contributed by atoms with E-state index in [1.807, 2.05) is 0 Å². The number of alkyl halides is 3. The molecular formula is C28H30Cl2F3NO7S. The minimum absolute atomic E-state index is 0.141. The highest BCUT2D eigenvalue weighted by molar-refractivity contribution is 7.91. The number of carbonyl (C=O) groups excluding carboxylic acids is 3. The van der Waals surface area contributed by atoms with Gasteiger partial charge in [0.15, 0.2) is 22.2 Å². The van der Waals surface area contributed by atoms with Crippen molar-refractivity contribution < 1.29 is 45.4 Å². The number of carbonyl (C=O) groups is 3. The van der Waals surface area contributed by atoms with E-state index in [9.17, 15) is 36.0 Å². The summed E-state index contributed by atoms with van der Waals surface area (Å²) in [5.41, 5.74) is 0.445. The van der Waals surface area contributed by atoms with E-state index in [0.29, 0.717) is 11.3 Å². The molecule has 1 saturated heterocycles. The normalized spacial score (nSPS) is 18.2. The summed E-state index contributed by atoms with van der Waals surface area (Å²) >= 11 is 11.9. The minimum atomic E-state index is -5.16. The van der Waals surface area contributed by atoms with Gasteiger partial charge in [-0.25, -0.2) is 8.42 Å². The van der Waals surface area contributed by atoms with Crippen molar-refractivity contribution in [2.75, 3.05) is 20.3 Å². The summed E-state index contributed by atoms with van der Waals surface area (Å²) < 4.78 is 77.0. The summed E-state index contributed by atoms with van der Waals surface area (Å²) in [7, 11) is -2.48. The Morgan fingerprint density at radius 1 is 1.02 bits per heavy atom. The van der Waals surface area contributed by atoms with E-state index in [1.54, 1.807) is 24.3 Å². The van der Waals surface area contributed by atoms with Crippen LogP contribution in [0.2, 0.25) is 10.0 Å². The van der Waals surface area contributed by atoms with E-state index < -0.39 is 75.4 Å². The van der Waals surface area contributed by atoms with Crippen LogP contribution >= 0.6 is 23.2 Å². The number of Topliss-reactive ketones (excluding diaryl/α,β-unsaturated/α-hetero) is 2. The van der Waals surface area contributed by atoms with Crippen LogP contribution in [-0.4, -0.2) is 68.5 Å². The molecule has 3 atom stereocenters. The van der Waals surface area contributed by atoms with Crippen molar-refractivity contribution in [3.8, 4) is 11.5 Å². The third-order valence-electron chi connectivity index (χ3n) is 7.03. The van der Waals surface area contributed by atoms with Crippen molar-refractivity contribution in [2.24, 2.45) is 11.8 Å². The molecule has 14 heteroatoms. The van der Waals surface area contributed by atoms with Gasteiger partial charge in [-0.05, 0) is 48.2 Å². The standard InChI is InChI=1S/C28H30Cl2F3NO7S/c1-16(2)23(27(37)28(31,32)33)12-25(35)24-11-22(42(38,39)15-17-4-6-20(40-3)7-5-17)13-34(24)26(36)14-41-21-9-18(29)8-19(30)10-21/h4-10,16,22-24H,11-15H2,1-3H3/t22-,23+,24+/m1/s1. The van der Waals surface area contributed by atoms with Gasteiger partial charge in [-0.2, -0.15) is 13.2 Å². The molecule has 42 heavy (non-hydrogen) atoms. The second-order valence-electron chi connectivity index (χ2n) is 10.4. The molecule has 1 heterocycles. The molecule has 2 aromatic carbocycles. The Morgan fingerprint density at radius 3 is 2.14 bits per heavy atom. The number of hydrogen-bond donors (Lipinski definition) is 0. The minimum Gasteiger partial charge on any atom is -0.497 e. The number of halogens is 5. The lowest BCUT2D eigenvalue weighted by Crippen LogP contribution is -2.45. The number of ether oxygens (including phenoxy) is 2. The quantitative estimate of drug-likeness (QED) is 0.305. The molecule has 1 amide bonds. The van der Waals surface area contributed by atoms with Gasteiger partial charge in [-0.15, -0.1) is 0 Å². The molecule has 0 aromatic heterocycles. The van der Waals surface area contributed by atoms with Crippen LogP contribution in [0.5, 0.6) is 11.5 Å². The first-order valence-corrected chi connectivity index (χ1v) is 15.4. The fourth-order valence-corrected chi connectivity index (χ4v) is 7.01. The highest BCUT2D eigenvalue weighted by Gasteiger charge is 2.48. The number of ketones is 2. The Hall–Kier alpha value is -2.83. The van der Waals surface area contributed by atoms with E-state index in [-0.39, 0.29) is 28.8 Å². The monoisotopic (exact) mass is 651 g/mol. The summed E-state index contributed by atoms with van der Waals surface area (Å²) in [4.78, 5) is 39.7. The average Bonchev–Trinajstić information content (AvgIpc) is 3.36. The number of rotatable bonds is 12. The second kappa shape index (κ2) is 13.6. The van der Waals surface area contributed by atoms with Gasteiger partial charge < -0.3 is 14.4 Å². The lowest BCUT2D eigenvalue weighted by molar-refractivity contribution is -0.177. The molecule has 3 rings (SSSR count). The van der Waals surface area contributed by atoms with E-state index in [1.165, 1.54) is 39.2 Å². The molecule has 230 valence electrons. The average molecular weight is 653 g/mol. The molecule has 1 aliphatic rings. The van der Waals surface area contributed by atoms with Crippen LogP contribution in [-0.2, 0) is 30.0 Å². The van der Waals surface area contributed by atoms with Crippen molar-refractivity contribution in [1.82, 2.24) is 4.90 Å². The van der Waals surface area contributed by atoms with Crippen LogP contribution in [0.1, 0.15) is 32.3 Å². The van der Waals surface area contributed by atoms with Gasteiger partial charge >= 0.3 is 6.18 Å². The van der Waals surface area contributed by atoms with Crippen molar-refractivity contribution in [2.45, 2.75) is 49.9 Å². The Labute approximate surface area is 252 Å². The first kappa shape index (κ1) is 33.7. The van der Waals surface area contributed by atoms with Crippen LogP contribution in [0.3, 0.4) is 0 Å². The second-order valence-corrected chi connectivity index (χ2v) is 13.5. The van der Waals surface area contributed by atoms with Crippen molar-refractivity contribution in [1.29, 1.82) is 0 Å². The summed E-state index contributed by atoms with van der Waals surface area (Å²) in [6.45, 7) is 1.75. The molecule has 0 bridgehead atoms. The third kappa shape index (κ3) is 8.61. The van der Waals surface area contributed by atoms with Crippen LogP contribution in [0, 0.1) is 11.8 Å². The van der Waals surface area contributed by atoms with Crippen molar-refractivity contribution in [3.63, 3.8) is 0 Å². The smallest absolute Gasteiger partial charge is 0.450 e. The Kier molecular flexibility index (Phi) is 10.9. The largest absolute Gasteiger partial charge is 0.497 e. The Morgan fingerprint density at radius 2 is 1.62 bits per heavy atom. The number of likely N-dealkylation sites (tertiary alicyclic amines) is 1. The molecule has 0 N–H and O–H groups in total. The summed E-state index contributed by atoms with van der Waals surface area (Å²) in [6.07, 6.45) is -6.30. The number of amides is 1. The van der Waals surface area contributed by atoms with Crippen LogP contribution in [0.15, 0.2) is 42.5 Å². The molecular weight excluding hydrogens is 622 g/mol. The number of sulfone groups is 1. The first-order valence-electron chi connectivity index (χ1n) is 12.9. The van der Waals surface area contributed by atoms with E-state index in [0.717, 1.165) is 4.90 Å². The van der Waals surface area contributed by atoms with E-state index >= 15 is 0 Å². The fourth-order valence-electron chi connectivity index (χ4n) is 4.74. The van der Waals surface area contributed by atoms with Gasteiger partial charge in [0.05, 0.1) is 24.2 Å². The summed E-state index contributed by atoms with van der Waals surface area (Å²) in [6, 6.07) is 9.17. The van der Waals surface area contributed by atoms with Gasteiger partial charge in [0.1, 0.15) is 11.5 Å². The van der Waals surface area contributed by atoms with Gasteiger partial charge in [0.2, 0.25) is 5.78 Å². The van der Waals surface area contributed by atoms with Crippen LogP contribution in [0.25, 0.3) is 0 Å². The van der Waals surface area contributed by atoms with Crippen LogP contribution < -0.4 is 9.47 Å². The lowest BCUT2D eigenvalue weighted by atomic mass is 9.85. The molecule has 0 unspecified atom stereocenters. The molecule has 0 aliphatic carbocycles. The highest BCUT2D eigenvalue weighted by Crippen LogP contribution is 2.33. The predicted octanol–water partition coefficient (Wildman–Crippen LogP) is 5.33. The SMILES string of the molecule is COc1ccc(CS(=O)(=O)[C@@H]2C[C@@H](C(=O)C[C@H](C(=O)C(F)(F)F)C(C)C)N(C(=O)COc3cc(Cl)cc(Cl)c3)C2)cc1. The third-order valence-corrected chi connectivity index (χ3v) is 9.56. The van der Waals surface area contributed by atoms with Gasteiger partial charge in [-0.3, -0.25) is 14.4 Å². The molecule has 1 fully saturated rings. The molecule has 2 aromatic rings.